The third kappa shape index (κ3) is 49.1. The number of unbranched alkanes of at least 4 members (excludes halogenated alkanes) is 15. The number of aliphatic hydroxyl groups is 1. The number of hydrogen-bond donors (Lipinski definition) is 2. The molecule has 0 aliphatic rings. The summed E-state index contributed by atoms with van der Waals surface area (Å²) in [5.41, 5.74) is 0. The molecule has 0 aliphatic heterocycles. The number of nitrogens with zero attached hydrogens (tertiary/aromatic N) is 1. The zero-order valence-electron chi connectivity index (χ0n) is 42.9. The summed E-state index contributed by atoms with van der Waals surface area (Å²) in [6.07, 6.45) is 68.3. The van der Waals surface area contributed by atoms with Crippen molar-refractivity contribution in [3.05, 3.63) is 109 Å². The van der Waals surface area contributed by atoms with Crippen molar-refractivity contribution in [1.82, 2.24) is 5.32 Å². The molecule has 0 saturated carbocycles. The highest BCUT2D eigenvalue weighted by molar-refractivity contribution is 7.45. The minimum absolute atomic E-state index is 0.00489. The highest BCUT2D eigenvalue weighted by atomic mass is 31.2. The van der Waals surface area contributed by atoms with E-state index in [0.717, 1.165) is 83.5 Å². The van der Waals surface area contributed by atoms with Gasteiger partial charge in [-0.2, -0.15) is 0 Å². The summed E-state index contributed by atoms with van der Waals surface area (Å²) in [7, 11) is 1.25. The topological polar surface area (TPSA) is 108 Å². The fourth-order valence-corrected chi connectivity index (χ4v) is 7.65. The number of likely N-dealkylation sites (N-methyl/N-ethyl adjacent to an activating group) is 1. The Bertz CT molecular complexity index is 1440. The first-order valence-corrected chi connectivity index (χ1v) is 27.7. The maximum Gasteiger partial charge on any atom is 0.268 e. The number of nitrogens with one attached hydrogen (secondary N) is 1. The third-order valence-corrected chi connectivity index (χ3v) is 12.0. The normalized spacial score (nSPS) is 15.0. The van der Waals surface area contributed by atoms with Gasteiger partial charge in [-0.3, -0.25) is 9.36 Å². The third-order valence-electron chi connectivity index (χ3n) is 11.0. The Morgan fingerprint density at radius 1 is 0.545 bits per heavy atom. The lowest BCUT2D eigenvalue weighted by Gasteiger charge is -2.30. The van der Waals surface area contributed by atoms with Crippen molar-refractivity contribution >= 4 is 13.7 Å². The maximum absolute atomic E-state index is 12.9. The van der Waals surface area contributed by atoms with Crippen LogP contribution in [0.25, 0.3) is 0 Å². The molecule has 0 aromatic heterocycles. The number of carbonyl (C=O) groups is 1. The van der Waals surface area contributed by atoms with Crippen LogP contribution < -0.4 is 10.2 Å². The van der Waals surface area contributed by atoms with Gasteiger partial charge in [-0.05, 0) is 77.0 Å². The monoisotopic (exact) mass is 939 g/mol. The number of aliphatic hydroxyl groups excluding tert-OH is 1. The van der Waals surface area contributed by atoms with Crippen molar-refractivity contribution in [2.24, 2.45) is 0 Å². The van der Waals surface area contributed by atoms with E-state index in [0.29, 0.717) is 23.9 Å². The largest absolute Gasteiger partial charge is 0.756 e. The molecule has 0 saturated heterocycles. The van der Waals surface area contributed by atoms with Crippen molar-refractivity contribution < 1.29 is 32.9 Å². The lowest BCUT2D eigenvalue weighted by molar-refractivity contribution is -0.870. The van der Waals surface area contributed by atoms with Gasteiger partial charge < -0.3 is 28.8 Å². The van der Waals surface area contributed by atoms with Crippen molar-refractivity contribution in [3.8, 4) is 0 Å². The van der Waals surface area contributed by atoms with Gasteiger partial charge in [0, 0.05) is 6.42 Å². The minimum atomic E-state index is -4.59. The van der Waals surface area contributed by atoms with Crippen LogP contribution >= 0.6 is 7.82 Å². The molecule has 66 heavy (non-hydrogen) atoms. The van der Waals surface area contributed by atoms with Gasteiger partial charge in [-0.1, -0.05) is 220 Å². The SMILES string of the molecule is CC/C=C\C/C=C\C/C=C\C/C=C\C/C=C\C/C=C\C/C=C\C/C=C\C/C=C\CCCC(=O)NC(COP(=O)([O-])OCC[N+](C)(C)C)C(O)CCCCCCCCCCCCCCCCC. The van der Waals surface area contributed by atoms with Crippen LogP contribution in [-0.2, 0) is 18.4 Å². The Balaban J connectivity index is 4.38. The highest BCUT2D eigenvalue weighted by Crippen LogP contribution is 2.38. The molecule has 0 aromatic rings. The average molecular weight is 939 g/mol. The summed E-state index contributed by atoms with van der Waals surface area (Å²) in [5, 5.41) is 13.9. The molecule has 0 heterocycles. The van der Waals surface area contributed by atoms with E-state index in [9.17, 15) is 19.4 Å². The van der Waals surface area contributed by atoms with Crippen LogP contribution in [0, 0.1) is 0 Å². The molecule has 0 aliphatic carbocycles. The zero-order chi connectivity index (χ0) is 48.5. The van der Waals surface area contributed by atoms with Gasteiger partial charge in [0.25, 0.3) is 7.82 Å². The molecule has 0 bridgehead atoms. The Labute approximate surface area is 406 Å². The van der Waals surface area contributed by atoms with Gasteiger partial charge in [-0.25, -0.2) is 0 Å². The Morgan fingerprint density at radius 2 is 0.909 bits per heavy atom. The van der Waals surface area contributed by atoms with Crippen molar-refractivity contribution in [1.29, 1.82) is 0 Å². The van der Waals surface area contributed by atoms with E-state index >= 15 is 0 Å². The predicted molar refractivity (Wildman–Crippen MR) is 283 cm³/mol. The van der Waals surface area contributed by atoms with Crippen LogP contribution in [0.4, 0.5) is 0 Å². The second kappa shape index (κ2) is 47.2. The fraction of sp³-hybridized carbons (Fsp3) is 0.667. The summed E-state index contributed by atoms with van der Waals surface area (Å²) in [5.74, 6) is -0.227. The summed E-state index contributed by atoms with van der Waals surface area (Å²) in [6, 6.07) is -0.839. The average Bonchev–Trinajstić information content (AvgIpc) is 3.28. The Kier molecular flexibility index (Phi) is 45.2. The van der Waals surface area contributed by atoms with Crippen molar-refractivity contribution in [2.45, 2.75) is 206 Å². The van der Waals surface area contributed by atoms with E-state index in [-0.39, 0.29) is 25.5 Å². The van der Waals surface area contributed by atoms with Gasteiger partial charge in [0.15, 0.2) is 0 Å². The van der Waals surface area contributed by atoms with Crippen molar-refractivity contribution in [2.75, 3.05) is 40.9 Å². The molecule has 3 atom stereocenters. The number of hydrogen-bond acceptors (Lipinski definition) is 6. The quantitative estimate of drug-likeness (QED) is 0.0272. The van der Waals surface area contributed by atoms with Gasteiger partial charge in [-0.15, -0.1) is 0 Å². The van der Waals surface area contributed by atoms with Crippen LogP contribution in [0.2, 0.25) is 0 Å². The first-order chi connectivity index (χ1) is 32.0. The number of amides is 1. The standard InChI is InChI=1S/C57H99N2O6P/c1-6-8-10-12-14-16-18-20-22-23-24-25-26-27-28-29-30-31-32-33-34-35-37-39-41-43-45-47-49-51-57(61)58-55(54-65-66(62,63)64-53-52-59(3,4)5)56(60)50-48-46-44-42-40-38-36-21-19-17-15-13-11-9-7-2/h8,10,14,16,20,22,24-25,27-28,30-31,33-34,37,39,43,45,55-56,60H,6-7,9,11-13,15,17-19,21,23,26,29,32,35-36,38,40-42,44,46-54H2,1-5H3,(H-,58,61,62,63)/b10-8-,16-14-,22-20-,25-24-,28-27-,31-30-,34-33-,39-37-,45-43-. The number of allylic oxidation sites excluding steroid dienone is 18. The molecule has 8 nitrogen and oxygen atoms in total. The molecule has 3 unspecified atom stereocenters. The highest BCUT2D eigenvalue weighted by Gasteiger charge is 2.24. The van der Waals surface area contributed by atoms with E-state index in [1.54, 1.807) is 0 Å². The Morgan fingerprint density at radius 3 is 1.29 bits per heavy atom. The molecule has 0 spiro atoms. The maximum atomic E-state index is 12.9. The number of carbonyl (C=O) groups excluding carboxylic acids is 1. The molecule has 0 rings (SSSR count). The van der Waals surface area contributed by atoms with E-state index in [1.165, 1.54) is 77.0 Å². The summed E-state index contributed by atoms with van der Waals surface area (Å²) >= 11 is 0. The first-order valence-electron chi connectivity index (χ1n) is 26.2. The van der Waals surface area contributed by atoms with E-state index in [1.807, 2.05) is 21.1 Å². The number of rotatable bonds is 46. The molecular weight excluding hydrogens is 840 g/mol. The van der Waals surface area contributed by atoms with Crippen molar-refractivity contribution in [3.63, 3.8) is 0 Å². The van der Waals surface area contributed by atoms with Crippen LogP contribution in [0.3, 0.4) is 0 Å². The summed E-state index contributed by atoms with van der Waals surface area (Å²) < 4.78 is 23.3. The number of phosphoric acid groups is 1. The number of quaternary nitrogens is 1. The first kappa shape index (κ1) is 63.2. The van der Waals surface area contributed by atoms with E-state index in [2.05, 4.69) is 129 Å². The molecule has 0 radical (unpaired) electrons. The summed E-state index contributed by atoms with van der Waals surface area (Å²) in [4.78, 5) is 25.4. The van der Waals surface area contributed by atoms with Crippen LogP contribution in [-0.4, -0.2) is 68.5 Å². The lowest BCUT2D eigenvalue weighted by Crippen LogP contribution is -2.46. The molecular formula is C57H99N2O6P. The van der Waals surface area contributed by atoms with Crippen LogP contribution in [0.15, 0.2) is 109 Å². The molecule has 0 fully saturated rings. The van der Waals surface area contributed by atoms with Gasteiger partial charge in [0.1, 0.15) is 13.2 Å². The van der Waals surface area contributed by atoms with Crippen LogP contribution in [0.5, 0.6) is 0 Å². The summed E-state index contributed by atoms with van der Waals surface area (Å²) in [6.45, 7) is 4.55. The molecule has 2 N–H and O–H groups in total. The zero-order valence-corrected chi connectivity index (χ0v) is 43.7. The fourth-order valence-electron chi connectivity index (χ4n) is 6.92. The minimum Gasteiger partial charge on any atom is -0.756 e. The molecule has 0 aromatic carbocycles. The second-order valence-electron chi connectivity index (χ2n) is 18.5. The lowest BCUT2D eigenvalue weighted by atomic mass is 10.0. The van der Waals surface area contributed by atoms with Gasteiger partial charge in [0.05, 0.1) is 39.9 Å². The molecule has 378 valence electrons. The van der Waals surface area contributed by atoms with Gasteiger partial charge in [0.2, 0.25) is 5.91 Å². The Hall–Kier alpha value is -2.84. The smallest absolute Gasteiger partial charge is 0.268 e. The second-order valence-corrected chi connectivity index (χ2v) is 19.9. The van der Waals surface area contributed by atoms with Gasteiger partial charge >= 0.3 is 0 Å². The predicted octanol–water partition coefficient (Wildman–Crippen LogP) is 15.0. The van der Waals surface area contributed by atoms with E-state index < -0.39 is 20.0 Å². The number of phosphoric ester groups is 1. The van der Waals surface area contributed by atoms with E-state index in [4.69, 9.17) is 9.05 Å². The van der Waals surface area contributed by atoms with Crippen LogP contribution in [0.1, 0.15) is 194 Å². The molecule has 9 heteroatoms. The molecule has 1 amide bonds.